The van der Waals surface area contributed by atoms with Crippen molar-refractivity contribution in [3.63, 3.8) is 0 Å². The summed E-state index contributed by atoms with van der Waals surface area (Å²) in [5, 5.41) is 20.6. The van der Waals surface area contributed by atoms with Gasteiger partial charge in [0.25, 0.3) is 0 Å². The van der Waals surface area contributed by atoms with Crippen molar-refractivity contribution < 1.29 is 9.90 Å². The number of aliphatic carboxylic acids is 1. The van der Waals surface area contributed by atoms with Gasteiger partial charge in [-0.1, -0.05) is 19.3 Å². The van der Waals surface area contributed by atoms with Crippen LogP contribution in [0, 0.1) is 0 Å². The molecule has 0 bridgehead atoms. The van der Waals surface area contributed by atoms with Crippen molar-refractivity contribution >= 4 is 36.0 Å². The van der Waals surface area contributed by atoms with Crippen LogP contribution < -0.4 is 10.2 Å². The Morgan fingerprint density at radius 1 is 1.10 bits per heavy atom. The smallest absolute Gasteiger partial charge is 0.326 e. The van der Waals surface area contributed by atoms with E-state index in [1.54, 1.807) is 0 Å². The van der Waals surface area contributed by atoms with Crippen LogP contribution in [-0.4, -0.2) is 43.8 Å². The number of carboxylic acids is 1. The van der Waals surface area contributed by atoms with E-state index in [2.05, 4.69) is 21.6 Å². The molecule has 2 aliphatic carbocycles. The normalized spacial score (nSPS) is 21.3. The fourth-order valence-corrected chi connectivity index (χ4v) is 5.06. The van der Waals surface area contributed by atoms with Crippen molar-refractivity contribution in [3.8, 4) is 0 Å². The van der Waals surface area contributed by atoms with E-state index in [4.69, 9.17) is 9.97 Å². The van der Waals surface area contributed by atoms with E-state index in [-0.39, 0.29) is 12.4 Å². The SMILES string of the molecule is Cl.O=C(O)[C@@H]1CCCN1c1nc2c(c(Nc3cc(C4CCCCC4)[nH]n3)n1)CCC2. The standard InChI is InChI=1S/C21H28N6O2.ClH/c28-20(29)17-10-5-11-27(17)21-22-15-9-4-8-14(15)19(24-21)23-18-12-16(25-26-18)13-6-2-1-3-7-13;/h12-13,17H,1-11H2,(H,28,29)(H2,22,23,24,25,26);1H/t17-;/m0./s1. The van der Waals surface area contributed by atoms with Gasteiger partial charge in [0.2, 0.25) is 5.95 Å². The maximum Gasteiger partial charge on any atom is 0.326 e. The first-order valence-electron chi connectivity index (χ1n) is 10.9. The number of halogens is 1. The number of H-pyrrole nitrogens is 1. The predicted octanol–water partition coefficient (Wildman–Crippen LogP) is 3.95. The van der Waals surface area contributed by atoms with Gasteiger partial charge < -0.3 is 15.3 Å². The topological polar surface area (TPSA) is 107 Å². The highest BCUT2D eigenvalue weighted by Gasteiger charge is 2.33. The first kappa shape index (κ1) is 20.9. The maximum atomic E-state index is 11.6. The van der Waals surface area contributed by atoms with Gasteiger partial charge in [-0.25, -0.2) is 9.78 Å². The molecule has 0 radical (unpaired) electrons. The van der Waals surface area contributed by atoms with Gasteiger partial charge >= 0.3 is 5.97 Å². The fraction of sp³-hybridized carbons (Fsp3) is 0.619. The van der Waals surface area contributed by atoms with Crippen LogP contribution in [0.3, 0.4) is 0 Å². The van der Waals surface area contributed by atoms with E-state index in [1.165, 1.54) is 37.8 Å². The number of aromatic amines is 1. The highest BCUT2D eigenvalue weighted by Crippen LogP contribution is 2.35. The van der Waals surface area contributed by atoms with Crippen LogP contribution in [-0.2, 0) is 17.6 Å². The number of hydrogen-bond donors (Lipinski definition) is 3. The van der Waals surface area contributed by atoms with Gasteiger partial charge in [-0.15, -0.1) is 12.4 Å². The molecule has 30 heavy (non-hydrogen) atoms. The molecule has 8 nitrogen and oxygen atoms in total. The summed E-state index contributed by atoms with van der Waals surface area (Å²) in [6.07, 6.45) is 10.8. The molecule has 0 spiro atoms. The van der Waals surface area contributed by atoms with E-state index < -0.39 is 12.0 Å². The van der Waals surface area contributed by atoms with Crippen LogP contribution in [0.25, 0.3) is 0 Å². The van der Waals surface area contributed by atoms with E-state index in [1.807, 2.05) is 4.90 Å². The van der Waals surface area contributed by atoms with Gasteiger partial charge in [-0.2, -0.15) is 10.1 Å². The van der Waals surface area contributed by atoms with Crippen molar-refractivity contribution in [1.29, 1.82) is 0 Å². The molecule has 0 aromatic carbocycles. The quantitative estimate of drug-likeness (QED) is 0.656. The molecule has 3 N–H and O–H groups in total. The van der Waals surface area contributed by atoms with Crippen LogP contribution in [0.4, 0.5) is 17.6 Å². The van der Waals surface area contributed by atoms with Crippen molar-refractivity contribution in [3.05, 3.63) is 23.0 Å². The Morgan fingerprint density at radius 2 is 1.93 bits per heavy atom. The molecule has 1 atom stereocenters. The minimum atomic E-state index is -0.800. The largest absolute Gasteiger partial charge is 0.480 e. The molecule has 162 valence electrons. The number of nitrogens with zero attached hydrogens (tertiary/aromatic N) is 4. The summed E-state index contributed by atoms with van der Waals surface area (Å²) in [6.45, 7) is 0.684. The predicted molar refractivity (Wildman–Crippen MR) is 117 cm³/mol. The van der Waals surface area contributed by atoms with Crippen LogP contribution in [0.5, 0.6) is 0 Å². The second-order valence-electron chi connectivity index (χ2n) is 8.51. The van der Waals surface area contributed by atoms with Gasteiger partial charge in [0.1, 0.15) is 11.9 Å². The molecular formula is C21H29ClN6O2. The third-order valence-electron chi connectivity index (χ3n) is 6.61. The van der Waals surface area contributed by atoms with Crippen molar-refractivity contribution in [2.45, 2.75) is 76.2 Å². The Kier molecular flexibility index (Phi) is 6.13. The minimum absolute atomic E-state index is 0. The number of fused-ring (bicyclic) bond motifs is 1. The van der Waals surface area contributed by atoms with Crippen LogP contribution in [0.15, 0.2) is 6.07 Å². The molecule has 9 heteroatoms. The van der Waals surface area contributed by atoms with Crippen molar-refractivity contribution in [2.24, 2.45) is 0 Å². The molecule has 1 aliphatic heterocycles. The van der Waals surface area contributed by atoms with Crippen molar-refractivity contribution in [2.75, 3.05) is 16.8 Å². The van der Waals surface area contributed by atoms with Crippen LogP contribution >= 0.6 is 12.4 Å². The van der Waals surface area contributed by atoms with E-state index in [0.717, 1.165) is 48.6 Å². The summed E-state index contributed by atoms with van der Waals surface area (Å²) < 4.78 is 0. The molecule has 2 fully saturated rings. The minimum Gasteiger partial charge on any atom is -0.480 e. The zero-order valence-corrected chi connectivity index (χ0v) is 17.9. The van der Waals surface area contributed by atoms with Gasteiger partial charge in [0.05, 0.1) is 5.69 Å². The summed E-state index contributed by atoms with van der Waals surface area (Å²) in [6, 6.07) is 1.57. The van der Waals surface area contributed by atoms with Gasteiger partial charge in [0, 0.05) is 29.8 Å². The number of anilines is 3. The Morgan fingerprint density at radius 3 is 2.73 bits per heavy atom. The molecule has 3 heterocycles. The summed E-state index contributed by atoms with van der Waals surface area (Å²) in [5.74, 6) is 1.85. The molecule has 0 amide bonds. The monoisotopic (exact) mass is 432 g/mol. The summed E-state index contributed by atoms with van der Waals surface area (Å²) in [5.41, 5.74) is 3.38. The summed E-state index contributed by atoms with van der Waals surface area (Å²) in [4.78, 5) is 23.0. The average molecular weight is 433 g/mol. The molecular weight excluding hydrogens is 404 g/mol. The Hall–Kier alpha value is -2.35. The lowest BCUT2D eigenvalue weighted by Crippen LogP contribution is -2.37. The average Bonchev–Trinajstić information content (AvgIpc) is 3.48. The first-order chi connectivity index (χ1) is 14.2. The lowest BCUT2D eigenvalue weighted by atomic mass is 9.87. The third kappa shape index (κ3) is 3.97. The van der Waals surface area contributed by atoms with Crippen LogP contribution in [0.1, 0.15) is 74.2 Å². The van der Waals surface area contributed by atoms with E-state index in [0.29, 0.717) is 24.8 Å². The molecule has 1 saturated carbocycles. The molecule has 3 aliphatic rings. The van der Waals surface area contributed by atoms with Crippen LogP contribution in [0.2, 0.25) is 0 Å². The second kappa shape index (κ2) is 8.79. The highest BCUT2D eigenvalue weighted by molar-refractivity contribution is 5.85. The Balaban J connectivity index is 0.00000218. The number of nitrogens with one attached hydrogen (secondary N) is 2. The Labute approximate surface area is 182 Å². The molecule has 2 aromatic rings. The highest BCUT2D eigenvalue weighted by atomic mass is 35.5. The number of aryl methyl sites for hydroxylation is 1. The van der Waals surface area contributed by atoms with E-state index in [9.17, 15) is 9.90 Å². The fourth-order valence-electron chi connectivity index (χ4n) is 5.06. The zero-order chi connectivity index (χ0) is 19.8. The van der Waals surface area contributed by atoms with Gasteiger partial charge in [-0.05, 0) is 44.9 Å². The lowest BCUT2D eigenvalue weighted by Gasteiger charge is -2.23. The number of rotatable bonds is 5. The maximum absolute atomic E-state index is 11.6. The van der Waals surface area contributed by atoms with E-state index >= 15 is 0 Å². The molecule has 0 unspecified atom stereocenters. The number of hydrogen-bond acceptors (Lipinski definition) is 6. The lowest BCUT2D eigenvalue weighted by molar-refractivity contribution is -0.138. The Bertz CT molecular complexity index is 911. The third-order valence-corrected chi connectivity index (χ3v) is 6.61. The number of aromatic nitrogens is 4. The summed E-state index contributed by atoms with van der Waals surface area (Å²) in [7, 11) is 0. The molecule has 2 aromatic heterocycles. The van der Waals surface area contributed by atoms with Gasteiger partial charge in [0.15, 0.2) is 5.82 Å². The van der Waals surface area contributed by atoms with Crippen molar-refractivity contribution in [1.82, 2.24) is 20.2 Å². The number of carboxylic acid groups (broad SMARTS) is 1. The zero-order valence-electron chi connectivity index (χ0n) is 17.1. The molecule has 5 rings (SSSR count). The summed E-state index contributed by atoms with van der Waals surface area (Å²) >= 11 is 0. The molecule has 1 saturated heterocycles. The first-order valence-corrected chi connectivity index (χ1v) is 10.9. The van der Waals surface area contributed by atoms with Gasteiger partial charge in [-0.3, -0.25) is 5.10 Å². The second-order valence-corrected chi connectivity index (χ2v) is 8.51. The number of carbonyl (C=O) groups is 1.